The summed E-state index contributed by atoms with van der Waals surface area (Å²) in [7, 11) is -2.36. The highest BCUT2D eigenvalue weighted by molar-refractivity contribution is 7.92. The lowest BCUT2D eigenvalue weighted by atomic mass is 10.1. The third kappa shape index (κ3) is 3.95. The van der Waals surface area contributed by atoms with E-state index in [2.05, 4.69) is 0 Å². The van der Waals surface area contributed by atoms with Gasteiger partial charge in [0.1, 0.15) is 11.6 Å². The van der Waals surface area contributed by atoms with Crippen molar-refractivity contribution in [3.63, 3.8) is 0 Å². The van der Waals surface area contributed by atoms with Crippen molar-refractivity contribution in [3.8, 4) is 5.75 Å². The molecule has 0 amide bonds. The number of benzene rings is 3. The SMILES string of the molecule is COc1ccc(N(C(C)c2ccccc2)S(=O)(=O)c2ccc(F)cc2)cc1. The lowest BCUT2D eigenvalue weighted by Crippen LogP contribution is -2.33. The van der Waals surface area contributed by atoms with Crippen molar-refractivity contribution in [2.75, 3.05) is 11.4 Å². The highest BCUT2D eigenvalue weighted by Gasteiger charge is 2.30. The predicted molar refractivity (Wildman–Crippen MR) is 104 cm³/mol. The van der Waals surface area contributed by atoms with Crippen LogP contribution in [0.1, 0.15) is 18.5 Å². The first-order valence-corrected chi connectivity index (χ1v) is 9.86. The summed E-state index contributed by atoms with van der Waals surface area (Å²) in [5.41, 5.74) is 1.34. The fraction of sp³-hybridized carbons (Fsp3) is 0.143. The summed E-state index contributed by atoms with van der Waals surface area (Å²) in [6, 6.07) is 20.5. The maximum Gasteiger partial charge on any atom is 0.264 e. The van der Waals surface area contributed by atoms with Crippen molar-refractivity contribution in [1.29, 1.82) is 0 Å². The Hall–Kier alpha value is -2.86. The third-order valence-electron chi connectivity index (χ3n) is 4.33. The van der Waals surface area contributed by atoms with E-state index in [-0.39, 0.29) is 4.90 Å². The molecule has 6 heteroatoms. The van der Waals surface area contributed by atoms with Crippen LogP contribution in [-0.4, -0.2) is 15.5 Å². The molecule has 0 aromatic heterocycles. The predicted octanol–water partition coefficient (Wildman–Crippen LogP) is 4.79. The molecule has 1 atom stereocenters. The quantitative estimate of drug-likeness (QED) is 0.613. The van der Waals surface area contributed by atoms with Gasteiger partial charge in [-0.3, -0.25) is 4.31 Å². The summed E-state index contributed by atoms with van der Waals surface area (Å²) in [6.07, 6.45) is 0. The van der Waals surface area contributed by atoms with Crippen molar-refractivity contribution < 1.29 is 17.5 Å². The Morgan fingerprint density at radius 1 is 0.889 bits per heavy atom. The van der Waals surface area contributed by atoms with Crippen molar-refractivity contribution >= 4 is 15.7 Å². The van der Waals surface area contributed by atoms with E-state index in [1.54, 1.807) is 31.4 Å². The van der Waals surface area contributed by atoms with Crippen molar-refractivity contribution in [2.45, 2.75) is 17.9 Å². The number of hydrogen-bond donors (Lipinski definition) is 0. The molecule has 0 aliphatic carbocycles. The van der Waals surface area contributed by atoms with E-state index >= 15 is 0 Å². The molecule has 0 spiro atoms. The lowest BCUT2D eigenvalue weighted by Gasteiger charge is -2.31. The van der Waals surface area contributed by atoms with Gasteiger partial charge in [0.2, 0.25) is 0 Å². The summed E-state index contributed by atoms with van der Waals surface area (Å²) < 4.78 is 46.6. The van der Waals surface area contributed by atoms with Gasteiger partial charge >= 0.3 is 0 Å². The van der Waals surface area contributed by atoms with Crippen molar-refractivity contribution in [2.24, 2.45) is 0 Å². The van der Waals surface area contributed by atoms with Gasteiger partial charge in [0.15, 0.2) is 0 Å². The van der Waals surface area contributed by atoms with Crippen LogP contribution in [0, 0.1) is 5.82 Å². The van der Waals surface area contributed by atoms with Gasteiger partial charge in [-0.1, -0.05) is 30.3 Å². The first kappa shape index (κ1) is 18.9. The Balaban J connectivity index is 2.12. The van der Waals surface area contributed by atoms with E-state index in [0.29, 0.717) is 11.4 Å². The second-order valence-electron chi connectivity index (χ2n) is 6.04. The van der Waals surface area contributed by atoms with Crippen LogP contribution in [-0.2, 0) is 10.0 Å². The minimum Gasteiger partial charge on any atom is -0.497 e. The van der Waals surface area contributed by atoms with Crippen LogP contribution >= 0.6 is 0 Å². The highest BCUT2D eigenvalue weighted by Crippen LogP contribution is 2.34. The number of nitrogens with zero attached hydrogens (tertiary/aromatic N) is 1. The fourth-order valence-corrected chi connectivity index (χ4v) is 4.53. The molecule has 0 fully saturated rings. The normalized spacial score (nSPS) is 12.4. The molecule has 0 radical (unpaired) electrons. The number of halogens is 1. The molecular weight excluding hydrogens is 365 g/mol. The number of ether oxygens (including phenoxy) is 1. The molecule has 0 aliphatic rings. The van der Waals surface area contributed by atoms with Gasteiger partial charge in [-0.25, -0.2) is 12.8 Å². The smallest absolute Gasteiger partial charge is 0.264 e. The van der Waals surface area contributed by atoms with Crippen molar-refractivity contribution in [3.05, 3.63) is 90.2 Å². The average molecular weight is 385 g/mol. The first-order chi connectivity index (χ1) is 12.9. The Bertz CT molecular complexity index is 988. The number of anilines is 1. The third-order valence-corrected chi connectivity index (χ3v) is 6.24. The summed E-state index contributed by atoms with van der Waals surface area (Å²) in [4.78, 5) is 0.0301. The monoisotopic (exact) mass is 385 g/mol. The topological polar surface area (TPSA) is 46.6 Å². The van der Waals surface area contributed by atoms with Crippen LogP contribution in [0.25, 0.3) is 0 Å². The van der Waals surface area contributed by atoms with Gasteiger partial charge in [0.05, 0.1) is 23.7 Å². The number of hydrogen-bond acceptors (Lipinski definition) is 3. The Morgan fingerprint density at radius 3 is 2.04 bits per heavy atom. The number of rotatable bonds is 6. The Labute approximate surface area is 158 Å². The standard InChI is InChI=1S/C21H20FNO3S/c1-16(17-6-4-3-5-7-17)23(19-10-12-20(26-2)13-11-19)27(24,25)21-14-8-18(22)9-15-21/h3-16H,1-2H3. The van der Waals surface area contributed by atoms with Crippen LogP contribution < -0.4 is 9.04 Å². The van der Waals surface area contributed by atoms with Gasteiger partial charge in [-0.05, 0) is 61.0 Å². The molecule has 0 heterocycles. The summed E-state index contributed by atoms with van der Waals surface area (Å²) in [5, 5.41) is 0. The van der Waals surface area contributed by atoms with E-state index in [1.165, 1.54) is 16.4 Å². The fourth-order valence-electron chi connectivity index (χ4n) is 2.89. The van der Waals surface area contributed by atoms with E-state index in [4.69, 9.17) is 4.74 Å². The highest BCUT2D eigenvalue weighted by atomic mass is 32.2. The Morgan fingerprint density at radius 2 is 1.48 bits per heavy atom. The molecular formula is C21H20FNO3S. The molecule has 0 saturated heterocycles. The van der Waals surface area contributed by atoms with Gasteiger partial charge in [-0.2, -0.15) is 0 Å². The molecule has 0 aliphatic heterocycles. The number of methoxy groups -OCH3 is 1. The molecule has 1 unspecified atom stereocenters. The Kier molecular flexibility index (Phi) is 5.46. The van der Waals surface area contributed by atoms with E-state index < -0.39 is 21.9 Å². The zero-order valence-corrected chi connectivity index (χ0v) is 15.9. The van der Waals surface area contributed by atoms with Gasteiger partial charge < -0.3 is 4.74 Å². The second-order valence-corrected chi connectivity index (χ2v) is 7.85. The molecule has 0 N–H and O–H groups in total. The molecule has 4 nitrogen and oxygen atoms in total. The molecule has 0 saturated carbocycles. The van der Waals surface area contributed by atoms with Gasteiger partial charge in [0.25, 0.3) is 10.0 Å². The van der Waals surface area contributed by atoms with Crippen LogP contribution in [0.4, 0.5) is 10.1 Å². The van der Waals surface area contributed by atoms with Gasteiger partial charge in [-0.15, -0.1) is 0 Å². The molecule has 27 heavy (non-hydrogen) atoms. The largest absolute Gasteiger partial charge is 0.497 e. The zero-order valence-electron chi connectivity index (χ0n) is 15.0. The van der Waals surface area contributed by atoms with E-state index in [1.807, 2.05) is 37.3 Å². The maximum absolute atomic E-state index is 13.4. The minimum atomic E-state index is -3.91. The van der Waals surface area contributed by atoms with Gasteiger partial charge in [0, 0.05) is 0 Å². The van der Waals surface area contributed by atoms with Crippen molar-refractivity contribution in [1.82, 2.24) is 0 Å². The average Bonchev–Trinajstić information content (AvgIpc) is 2.69. The number of sulfonamides is 1. The van der Waals surface area contributed by atoms with Crippen LogP contribution in [0.3, 0.4) is 0 Å². The van der Waals surface area contributed by atoms with Crippen LogP contribution in [0.15, 0.2) is 83.8 Å². The summed E-state index contributed by atoms with van der Waals surface area (Å²) in [5.74, 6) is 0.145. The van der Waals surface area contributed by atoms with E-state index in [0.717, 1.165) is 17.7 Å². The maximum atomic E-state index is 13.4. The van der Waals surface area contributed by atoms with Crippen LogP contribution in [0.2, 0.25) is 0 Å². The van der Waals surface area contributed by atoms with E-state index in [9.17, 15) is 12.8 Å². The summed E-state index contributed by atoms with van der Waals surface area (Å²) in [6.45, 7) is 1.82. The second kappa shape index (κ2) is 7.80. The zero-order chi connectivity index (χ0) is 19.4. The first-order valence-electron chi connectivity index (χ1n) is 8.42. The van der Waals surface area contributed by atoms with Crippen LogP contribution in [0.5, 0.6) is 5.75 Å². The minimum absolute atomic E-state index is 0.0301. The molecule has 3 rings (SSSR count). The molecule has 140 valence electrons. The summed E-state index contributed by atoms with van der Waals surface area (Å²) >= 11 is 0. The molecule has 0 bridgehead atoms. The molecule has 3 aromatic carbocycles. The molecule has 3 aromatic rings. The lowest BCUT2D eigenvalue weighted by molar-refractivity contribution is 0.415.